The Balaban J connectivity index is 2.24. The van der Waals surface area contributed by atoms with Crippen LogP contribution in [0.25, 0.3) is 0 Å². The van der Waals surface area contributed by atoms with Crippen LogP contribution in [0.3, 0.4) is 0 Å². The molecule has 1 aliphatic rings. The van der Waals surface area contributed by atoms with Gasteiger partial charge in [0, 0.05) is 0 Å². The number of rotatable bonds is 3. The van der Waals surface area contributed by atoms with Crippen molar-refractivity contribution in [2.75, 3.05) is 13.1 Å². The first kappa shape index (κ1) is 7.54. The summed E-state index contributed by atoms with van der Waals surface area (Å²) in [6.45, 7) is 0.484. The molecule has 0 aliphatic carbocycles. The second-order valence-electron chi connectivity index (χ2n) is 2.19. The van der Waals surface area contributed by atoms with E-state index in [-0.39, 0.29) is 18.5 Å². The van der Waals surface area contributed by atoms with Crippen molar-refractivity contribution in [3.63, 3.8) is 0 Å². The molecule has 1 heterocycles. The highest BCUT2D eigenvalue weighted by Crippen LogP contribution is 2.14. The summed E-state index contributed by atoms with van der Waals surface area (Å²) in [4.78, 5) is 22.0. The van der Waals surface area contributed by atoms with Gasteiger partial charge in [0.25, 0.3) is 0 Å². The molecule has 1 fully saturated rings. The van der Waals surface area contributed by atoms with Crippen molar-refractivity contribution in [2.45, 2.75) is 6.04 Å². The lowest BCUT2D eigenvalue weighted by atomic mass is 10.5. The molecule has 2 amide bonds. The van der Waals surface area contributed by atoms with Crippen molar-refractivity contribution in [2.24, 2.45) is 0 Å². The average Bonchev–Trinajstić information content (AvgIpc) is 2.78. The van der Waals surface area contributed by atoms with Crippen molar-refractivity contribution in [1.29, 1.82) is 5.26 Å². The van der Waals surface area contributed by atoms with Crippen molar-refractivity contribution in [3.05, 3.63) is 0 Å². The lowest BCUT2D eigenvalue weighted by Crippen LogP contribution is -2.27. The van der Waals surface area contributed by atoms with E-state index in [0.29, 0.717) is 13.0 Å². The largest absolute Gasteiger partial charge is 0.350 e. The number of hydrogen-bond donors (Lipinski definition) is 1. The lowest BCUT2D eigenvalue weighted by molar-refractivity contribution is -0.126. The Labute approximate surface area is 63.6 Å². The third kappa shape index (κ3) is 1.67. The molecule has 58 valence electrons. The van der Waals surface area contributed by atoms with Gasteiger partial charge >= 0.3 is 0 Å². The second-order valence-corrected chi connectivity index (χ2v) is 2.19. The molecule has 1 rings (SSSR count). The molecule has 1 N–H and O–H groups in total. The van der Waals surface area contributed by atoms with E-state index in [1.54, 1.807) is 0 Å². The molecule has 0 aromatic rings. The fraction of sp³-hybridized carbons (Fsp3) is 0.500. The first-order valence-electron chi connectivity index (χ1n) is 3.15. The van der Waals surface area contributed by atoms with E-state index in [1.165, 1.54) is 4.90 Å². The van der Waals surface area contributed by atoms with Crippen molar-refractivity contribution in [1.82, 2.24) is 10.2 Å². The summed E-state index contributed by atoms with van der Waals surface area (Å²) in [5, 5.41) is 10.5. The molecule has 0 aromatic carbocycles. The normalized spacial score (nSPS) is 20.3. The highest BCUT2D eigenvalue weighted by atomic mass is 16.2. The van der Waals surface area contributed by atoms with Crippen LogP contribution in [0.5, 0.6) is 0 Å². The third-order valence-corrected chi connectivity index (χ3v) is 1.42. The molecular weight excluding hydrogens is 146 g/mol. The SMILES string of the molecule is N#CC1CN1C(=O)CNC=O. The summed E-state index contributed by atoms with van der Waals surface area (Å²) >= 11 is 0. The van der Waals surface area contributed by atoms with E-state index >= 15 is 0 Å². The molecule has 1 atom stereocenters. The molecule has 11 heavy (non-hydrogen) atoms. The summed E-state index contributed by atoms with van der Waals surface area (Å²) in [6.07, 6.45) is 0.461. The summed E-state index contributed by atoms with van der Waals surface area (Å²) in [6, 6.07) is 1.67. The van der Waals surface area contributed by atoms with Crippen LogP contribution in [0.2, 0.25) is 0 Å². The summed E-state index contributed by atoms with van der Waals surface area (Å²) in [5.74, 6) is -0.205. The van der Waals surface area contributed by atoms with Crippen LogP contribution in [0.15, 0.2) is 0 Å². The van der Waals surface area contributed by atoms with Crippen LogP contribution in [0, 0.1) is 11.3 Å². The quantitative estimate of drug-likeness (QED) is 0.394. The molecule has 0 aromatic heterocycles. The van der Waals surface area contributed by atoms with E-state index in [0.717, 1.165) is 0 Å². The maximum atomic E-state index is 10.9. The molecule has 1 aliphatic heterocycles. The van der Waals surface area contributed by atoms with E-state index in [4.69, 9.17) is 5.26 Å². The fourth-order valence-electron chi connectivity index (χ4n) is 0.756. The zero-order valence-corrected chi connectivity index (χ0v) is 5.78. The molecule has 0 saturated carbocycles. The van der Waals surface area contributed by atoms with E-state index in [1.807, 2.05) is 6.07 Å². The molecular formula is C6H7N3O2. The first-order chi connectivity index (χ1) is 5.29. The van der Waals surface area contributed by atoms with Crippen LogP contribution in [-0.2, 0) is 9.59 Å². The molecule has 0 radical (unpaired) electrons. The summed E-state index contributed by atoms with van der Waals surface area (Å²) in [5.41, 5.74) is 0. The van der Waals surface area contributed by atoms with Crippen molar-refractivity contribution >= 4 is 12.3 Å². The molecule has 0 bridgehead atoms. The standard InChI is InChI=1S/C6H7N3O2/c7-1-5-3-9(5)6(11)2-8-4-10/h4-5H,2-3H2,(H,8,10). The van der Waals surface area contributed by atoms with Gasteiger partial charge in [-0.15, -0.1) is 0 Å². The Morgan fingerprint density at radius 2 is 2.64 bits per heavy atom. The molecule has 1 unspecified atom stereocenters. The number of carbonyl (C=O) groups excluding carboxylic acids is 2. The van der Waals surface area contributed by atoms with Gasteiger partial charge in [0.15, 0.2) is 0 Å². The van der Waals surface area contributed by atoms with Crippen LogP contribution >= 0.6 is 0 Å². The smallest absolute Gasteiger partial charge is 0.243 e. The topological polar surface area (TPSA) is 73.0 Å². The predicted molar refractivity (Wildman–Crippen MR) is 35.2 cm³/mol. The highest BCUT2D eigenvalue weighted by molar-refractivity contribution is 5.82. The molecule has 0 spiro atoms. The van der Waals surface area contributed by atoms with Gasteiger partial charge in [-0.25, -0.2) is 0 Å². The van der Waals surface area contributed by atoms with Gasteiger partial charge in [0.05, 0.1) is 19.2 Å². The zero-order chi connectivity index (χ0) is 8.27. The van der Waals surface area contributed by atoms with Gasteiger partial charge < -0.3 is 10.2 Å². The summed E-state index contributed by atoms with van der Waals surface area (Å²) < 4.78 is 0. The lowest BCUT2D eigenvalue weighted by Gasteiger charge is -1.98. The monoisotopic (exact) mass is 153 g/mol. The van der Waals surface area contributed by atoms with Gasteiger partial charge in [-0.2, -0.15) is 5.26 Å². The minimum absolute atomic E-state index is 0.0122. The van der Waals surface area contributed by atoms with Crippen molar-refractivity contribution < 1.29 is 9.59 Å². The fourth-order valence-corrected chi connectivity index (χ4v) is 0.756. The average molecular weight is 153 g/mol. The number of nitrogens with zero attached hydrogens (tertiary/aromatic N) is 2. The van der Waals surface area contributed by atoms with Gasteiger partial charge in [0.2, 0.25) is 12.3 Å². The van der Waals surface area contributed by atoms with Crippen LogP contribution in [0.1, 0.15) is 0 Å². The predicted octanol–water partition coefficient (Wildman–Crippen LogP) is -1.53. The Hall–Kier alpha value is -1.57. The van der Waals surface area contributed by atoms with Crippen LogP contribution in [-0.4, -0.2) is 36.3 Å². The summed E-state index contributed by atoms with van der Waals surface area (Å²) in [7, 11) is 0. The zero-order valence-electron chi connectivity index (χ0n) is 5.78. The van der Waals surface area contributed by atoms with E-state index in [2.05, 4.69) is 5.32 Å². The molecule has 1 saturated heterocycles. The Morgan fingerprint density at radius 3 is 3.09 bits per heavy atom. The number of nitriles is 1. The minimum Gasteiger partial charge on any atom is -0.350 e. The number of hydrogen-bond acceptors (Lipinski definition) is 3. The maximum Gasteiger partial charge on any atom is 0.243 e. The van der Waals surface area contributed by atoms with E-state index in [9.17, 15) is 9.59 Å². The van der Waals surface area contributed by atoms with E-state index < -0.39 is 0 Å². The Kier molecular flexibility index (Phi) is 2.06. The minimum atomic E-state index is -0.268. The van der Waals surface area contributed by atoms with Gasteiger partial charge in [-0.3, -0.25) is 9.59 Å². The highest BCUT2D eigenvalue weighted by Gasteiger charge is 2.37. The molecule has 5 nitrogen and oxygen atoms in total. The maximum absolute atomic E-state index is 10.9. The number of nitrogens with one attached hydrogen (secondary N) is 1. The first-order valence-corrected chi connectivity index (χ1v) is 3.15. The third-order valence-electron chi connectivity index (χ3n) is 1.42. The van der Waals surface area contributed by atoms with Crippen molar-refractivity contribution in [3.8, 4) is 6.07 Å². The number of carbonyl (C=O) groups is 2. The van der Waals surface area contributed by atoms with Gasteiger partial charge in [-0.1, -0.05) is 0 Å². The van der Waals surface area contributed by atoms with Crippen LogP contribution in [0.4, 0.5) is 0 Å². The second kappa shape index (κ2) is 3.01. The number of amides is 2. The Bertz CT molecular complexity index is 220. The van der Waals surface area contributed by atoms with Gasteiger partial charge in [-0.05, 0) is 0 Å². The Morgan fingerprint density at radius 1 is 1.91 bits per heavy atom. The van der Waals surface area contributed by atoms with Crippen LogP contribution < -0.4 is 5.32 Å². The molecule has 5 heteroatoms. The van der Waals surface area contributed by atoms with Gasteiger partial charge in [0.1, 0.15) is 6.04 Å².